The van der Waals surface area contributed by atoms with Crippen molar-refractivity contribution >= 4 is 5.97 Å². The van der Waals surface area contributed by atoms with Gasteiger partial charge in [0, 0.05) is 11.1 Å². The van der Waals surface area contributed by atoms with Gasteiger partial charge >= 0.3 is 5.97 Å². The first kappa shape index (κ1) is 11.8. The fourth-order valence-corrected chi connectivity index (χ4v) is 1.65. The number of aliphatic hydroxyl groups excluding tert-OH is 1. The summed E-state index contributed by atoms with van der Waals surface area (Å²) in [4.78, 5) is 11.2. The average Bonchev–Trinajstić information content (AvgIpc) is 2.35. The minimum absolute atomic E-state index is 0.000471. The molecular weight excluding hydrogens is 231 g/mol. The molecule has 0 fully saturated rings. The molecule has 1 unspecified atom stereocenters. The van der Waals surface area contributed by atoms with E-state index in [4.69, 9.17) is 9.47 Å². The number of esters is 1. The number of halogens is 1. The van der Waals surface area contributed by atoms with Gasteiger partial charge in [-0.3, -0.25) is 0 Å². The van der Waals surface area contributed by atoms with Crippen LogP contribution in [0.1, 0.15) is 17.2 Å². The molecule has 0 amide bonds. The number of rotatable bonds is 2. The minimum Gasteiger partial charge on any atom is -0.467 e. The second kappa shape index (κ2) is 4.68. The van der Waals surface area contributed by atoms with Gasteiger partial charge in [-0.15, -0.1) is 0 Å². The van der Waals surface area contributed by atoms with Crippen molar-refractivity contribution < 1.29 is 28.5 Å². The number of hydrogen-bond acceptors (Lipinski definition) is 5. The third-order valence-electron chi connectivity index (χ3n) is 2.42. The molecular formula is C11H11FO5. The molecule has 1 heterocycles. The highest BCUT2D eigenvalue weighted by molar-refractivity contribution is 5.77. The molecule has 5 nitrogen and oxygen atoms in total. The Labute approximate surface area is 96.7 Å². The maximum Gasteiger partial charge on any atom is 0.339 e. The zero-order chi connectivity index (χ0) is 12.4. The Bertz CT molecular complexity index is 446. The van der Waals surface area contributed by atoms with Gasteiger partial charge in [-0.05, 0) is 12.1 Å². The first-order valence-corrected chi connectivity index (χ1v) is 4.92. The van der Waals surface area contributed by atoms with E-state index in [1.54, 1.807) is 0 Å². The van der Waals surface area contributed by atoms with Gasteiger partial charge in [0.1, 0.15) is 11.6 Å². The lowest BCUT2D eigenvalue weighted by atomic mass is 10.0. The maximum absolute atomic E-state index is 13.3. The van der Waals surface area contributed by atoms with E-state index in [1.807, 2.05) is 0 Å². The molecule has 1 aliphatic heterocycles. The van der Waals surface area contributed by atoms with Crippen molar-refractivity contribution in [2.75, 3.05) is 13.9 Å². The van der Waals surface area contributed by atoms with Crippen molar-refractivity contribution in [1.29, 1.82) is 0 Å². The maximum atomic E-state index is 13.3. The second-order valence-corrected chi connectivity index (χ2v) is 3.52. The van der Waals surface area contributed by atoms with Crippen LogP contribution in [-0.4, -0.2) is 25.0 Å². The second-order valence-electron chi connectivity index (χ2n) is 3.52. The van der Waals surface area contributed by atoms with Gasteiger partial charge in [-0.25, -0.2) is 9.18 Å². The molecule has 1 aliphatic rings. The lowest BCUT2D eigenvalue weighted by Crippen LogP contribution is -2.19. The first-order valence-electron chi connectivity index (χ1n) is 4.92. The highest BCUT2D eigenvalue weighted by atomic mass is 19.1. The SMILES string of the molecule is COC(=O)C(O)c1cc(F)cc2c1OCOC2. The van der Waals surface area contributed by atoms with E-state index >= 15 is 0 Å². The summed E-state index contributed by atoms with van der Waals surface area (Å²) >= 11 is 0. The number of methoxy groups -OCH3 is 1. The predicted octanol–water partition coefficient (Wildman–Crippen LogP) is 0.899. The Morgan fingerprint density at radius 3 is 3.06 bits per heavy atom. The van der Waals surface area contributed by atoms with E-state index in [-0.39, 0.29) is 24.7 Å². The molecule has 0 aliphatic carbocycles. The van der Waals surface area contributed by atoms with Crippen molar-refractivity contribution in [3.05, 3.63) is 29.1 Å². The Balaban J connectivity index is 2.45. The van der Waals surface area contributed by atoms with Crippen LogP contribution in [0, 0.1) is 5.82 Å². The summed E-state index contributed by atoms with van der Waals surface area (Å²) in [5.74, 6) is -1.17. The van der Waals surface area contributed by atoms with E-state index in [0.29, 0.717) is 5.56 Å². The lowest BCUT2D eigenvalue weighted by molar-refractivity contribution is -0.151. The molecule has 6 heteroatoms. The van der Waals surface area contributed by atoms with Crippen molar-refractivity contribution in [1.82, 2.24) is 0 Å². The van der Waals surface area contributed by atoms with Gasteiger partial charge < -0.3 is 19.3 Å². The van der Waals surface area contributed by atoms with Crippen molar-refractivity contribution in [3.8, 4) is 5.75 Å². The van der Waals surface area contributed by atoms with E-state index in [0.717, 1.165) is 13.2 Å². The normalized spacial score (nSPS) is 15.7. The fourth-order valence-electron chi connectivity index (χ4n) is 1.65. The van der Waals surface area contributed by atoms with Crippen LogP contribution >= 0.6 is 0 Å². The average molecular weight is 242 g/mol. The predicted molar refractivity (Wildman–Crippen MR) is 53.7 cm³/mol. The number of hydrogen-bond donors (Lipinski definition) is 1. The summed E-state index contributed by atoms with van der Waals surface area (Å²) in [6.07, 6.45) is -1.57. The topological polar surface area (TPSA) is 65.0 Å². The lowest BCUT2D eigenvalue weighted by Gasteiger charge is -2.22. The molecule has 1 atom stereocenters. The zero-order valence-electron chi connectivity index (χ0n) is 9.10. The van der Waals surface area contributed by atoms with Crippen LogP contribution < -0.4 is 4.74 Å². The Morgan fingerprint density at radius 2 is 2.35 bits per heavy atom. The first-order chi connectivity index (χ1) is 8.13. The van der Waals surface area contributed by atoms with Gasteiger partial charge in [0.15, 0.2) is 12.9 Å². The van der Waals surface area contributed by atoms with Gasteiger partial charge in [0.25, 0.3) is 0 Å². The minimum atomic E-state index is -1.57. The molecule has 0 saturated heterocycles. The van der Waals surface area contributed by atoms with E-state index in [9.17, 15) is 14.3 Å². The summed E-state index contributed by atoms with van der Waals surface area (Å²) < 4.78 is 27.9. The van der Waals surface area contributed by atoms with Gasteiger partial charge in [-0.1, -0.05) is 0 Å². The molecule has 0 saturated carbocycles. The number of aliphatic hydroxyl groups is 1. The number of fused-ring (bicyclic) bond motifs is 1. The monoisotopic (exact) mass is 242 g/mol. The molecule has 0 radical (unpaired) electrons. The third-order valence-corrected chi connectivity index (χ3v) is 2.42. The number of carbonyl (C=O) groups is 1. The van der Waals surface area contributed by atoms with E-state index in [1.165, 1.54) is 6.07 Å². The quantitative estimate of drug-likeness (QED) is 0.780. The molecule has 0 aromatic heterocycles. The van der Waals surface area contributed by atoms with Crippen LogP contribution in [0.5, 0.6) is 5.75 Å². The Kier molecular flexibility index (Phi) is 3.26. The number of benzene rings is 1. The van der Waals surface area contributed by atoms with Crippen LogP contribution in [0.2, 0.25) is 0 Å². The standard InChI is InChI=1S/C11H11FO5/c1-15-11(14)9(13)8-3-7(12)2-6-4-16-5-17-10(6)8/h2-3,9,13H,4-5H2,1H3. The third kappa shape index (κ3) is 2.22. The van der Waals surface area contributed by atoms with E-state index < -0.39 is 17.9 Å². The highest BCUT2D eigenvalue weighted by Crippen LogP contribution is 2.33. The summed E-state index contributed by atoms with van der Waals surface area (Å²) in [6, 6.07) is 2.29. The zero-order valence-corrected chi connectivity index (χ0v) is 9.10. The number of ether oxygens (including phenoxy) is 3. The van der Waals surface area contributed by atoms with Crippen molar-refractivity contribution in [2.45, 2.75) is 12.7 Å². The summed E-state index contributed by atoms with van der Waals surface area (Å²) in [6.45, 7) is 0.174. The fraction of sp³-hybridized carbons (Fsp3) is 0.364. The van der Waals surface area contributed by atoms with Crippen LogP contribution in [0.3, 0.4) is 0 Å². The van der Waals surface area contributed by atoms with Crippen LogP contribution in [0.25, 0.3) is 0 Å². The molecule has 92 valence electrons. The summed E-state index contributed by atoms with van der Waals surface area (Å²) in [5.41, 5.74) is 0.504. The van der Waals surface area contributed by atoms with Crippen molar-refractivity contribution in [2.24, 2.45) is 0 Å². The van der Waals surface area contributed by atoms with Gasteiger partial charge in [-0.2, -0.15) is 0 Å². The molecule has 0 spiro atoms. The van der Waals surface area contributed by atoms with Gasteiger partial charge in [0.05, 0.1) is 13.7 Å². The smallest absolute Gasteiger partial charge is 0.339 e. The highest BCUT2D eigenvalue weighted by Gasteiger charge is 2.26. The summed E-state index contributed by atoms with van der Waals surface area (Å²) in [7, 11) is 1.14. The molecule has 17 heavy (non-hydrogen) atoms. The molecule has 2 rings (SSSR count). The van der Waals surface area contributed by atoms with E-state index in [2.05, 4.69) is 4.74 Å². The number of carbonyl (C=O) groups excluding carboxylic acids is 1. The van der Waals surface area contributed by atoms with Gasteiger partial charge in [0.2, 0.25) is 0 Å². The van der Waals surface area contributed by atoms with Crippen LogP contribution in [-0.2, 0) is 20.9 Å². The Hall–Kier alpha value is -1.66. The largest absolute Gasteiger partial charge is 0.467 e. The Morgan fingerprint density at radius 1 is 1.59 bits per heavy atom. The summed E-state index contributed by atoms with van der Waals surface area (Å²) in [5, 5.41) is 9.71. The molecule has 0 bridgehead atoms. The van der Waals surface area contributed by atoms with Crippen molar-refractivity contribution in [3.63, 3.8) is 0 Å². The molecule has 1 aromatic carbocycles. The van der Waals surface area contributed by atoms with Crippen LogP contribution in [0.15, 0.2) is 12.1 Å². The molecule has 1 aromatic rings. The van der Waals surface area contributed by atoms with Crippen LogP contribution in [0.4, 0.5) is 4.39 Å². The molecule has 1 N–H and O–H groups in total.